The van der Waals surface area contributed by atoms with Crippen LogP contribution in [0.15, 0.2) is 18.2 Å². The first-order chi connectivity index (χ1) is 7.72. The molecule has 1 aromatic carbocycles. The highest BCUT2D eigenvalue weighted by atomic mass is 14.9. The second-order valence-corrected chi connectivity index (χ2v) is 4.57. The molecular weight excluding hydrogens is 198 g/mol. The molecule has 0 heterocycles. The van der Waals surface area contributed by atoms with E-state index < -0.39 is 0 Å². The number of anilines is 2. The van der Waals surface area contributed by atoms with Crippen molar-refractivity contribution in [2.75, 3.05) is 17.6 Å². The number of nitrogens with one attached hydrogen (secondary N) is 1. The Balaban J connectivity index is 2.01. The maximum absolute atomic E-state index is 8.86. The zero-order chi connectivity index (χ0) is 11.5. The molecule has 0 spiro atoms. The third kappa shape index (κ3) is 2.27. The van der Waals surface area contributed by atoms with Crippen LogP contribution in [-0.2, 0) is 0 Å². The highest BCUT2D eigenvalue weighted by Gasteiger charge is 2.27. The average Bonchev–Trinajstić information content (AvgIpc) is 3.11. The van der Waals surface area contributed by atoms with Gasteiger partial charge in [-0.05, 0) is 36.8 Å². The topological polar surface area (TPSA) is 61.8 Å². The molecule has 3 heteroatoms. The first kappa shape index (κ1) is 10.8. The Kier molecular flexibility index (Phi) is 3.00. The molecule has 1 aromatic rings. The number of hydrogen-bond acceptors (Lipinski definition) is 3. The molecule has 1 atom stereocenters. The average molecular weight is 215 g/mol. The summed E-state index contributed by atoms with van der Waals surface area (Å²) in [5.74, 6) is 1.57. The molecule has 0 radical (unpaired) electrons. The summed E-state index contributed by atoms with van der Waals surface area (Å²) >= 11 is 0. The van der Waals surface area contributed by atoms with Gasteiger partial charge in [-0.3, -0.25) is 0 Å². The Labute approximate surface area is 96.3 Å². The zero-order valence-electron chi connectivity index (χ0n) is 9.53. The molecule has 84 valence electrons. The summed E-state index contributed by atoms with van der Waals surface area (Å²) in [4.78, 5) is 0. The van der Waals surface area contributed by atoms with Crippen molar-refractivity contribution in [1.82, 2.24) is 0 Å². The predicted molar refractivity (Wildman–Crippen MR) is 65.9 cm³/mol. The Morgan fingerprint density at radius 2 is 2.31 bits per heavy atom. The number of benzene rings is 1. The number of nitrogens with zero attached hydrogens (tertiary/aromatic N) is 1. The number of rotatable bonds is 4. The normalized spacial score (nSPS) is 16.5. The van der Waals surface area contributed by atoms with Gasteiger partial charge in [-0.25, -0.2) is 0 Å². The van der Waals surface area contributed by atoms with Crippen molar-refractivity contribution in [2.45, 2.75) is 19.8 Å². The zero-order valence-corrected chi connectivity index (χ0v) is 9.53. The molecule has 0 bridgehead atoms. The molecule has 1 saturated carbocycles. The van der Waals surface area contributed by atoms with E-state index >= 15 is 0 Å². The van der Waals surface area contributed by atoms with Gasteiger partial charge in [0.25, 0.3) is 0 Å². The fourth-order valence-corrected chi connectivity index (χ4v) is 1.92. The Bertz CT molecular complexity index is 416. The SMILES string of the molecule is CC(CNc1cccc(C#N)c1N)C1CC1. The van der Waals surface area contributed by atoms with E-state index in [1.54, 1.807) is 6.07 Å². The van der Waals surface area contributed by atoms with Crippen molar-refractivity contribution in [3.63, 3.8) is 0 Å². The van der Waals surface area contributed by atoms with Crippen LogP contribution in [0, 0.1) is 23.2 Å². The van der Waals surface area contributed by atoms with Crippen LogP contribution in [0.1, 0.15) is 25.3 Å². The van der Waals surface area contributed by atoms with Gasteiger partial charge in [0.15, 0.2) is 0 Å². The largest absolute Gasteiger partial charge is 0.396 e. The molecule has 0 saturated heterocycles. The number of nitriles is 1. The number of hydrogen-bond donors (Lipinski definition) is 2. The van der Waals surface area contributed by atoms with Gasteiger partial charge in [0.05, 0.1) is 16.9 Å². The summed E-state index contributed by atoms with van der Waals surface area (Å²) in [5.41, 5.74) is 7.88. The smallest absolute Gasteiger partial charge is 0.101 e. The van der Waals surface area contributed by atoms with Crippen LogP contribution < -0.4 is 11.1 Å². The first-order valence-corrected chi connectivity index (χ1v) is 5.75. The minimum atomic E-state index is 0.545. The van der Waals surface area contributed by atoms with Crippen molar-refractivity contribution in [3.8, 4) is 6.07 Å². The molecule has 1 aliphatic rings. The molecule has 0 aliphatic heterocycles. The van der Waals surface area contributed by atoms with Crippen molar-refractivity contribution in [3.05, 3.63) is 23.8 Å². The maximum Gasteiger partial charge on any atom is 0.101 e. The quantitative estimate of drug-likeness (QED) is 0.759. The fourth-order valence-electron chi connectivity index (χ4n) is 1.92. The molecule has 3 nitrogen and oxygen atoms in total. The molecular formula is C13H17N3. The van der Waals surface area contributed by atoms with Gasteiger partial charge in [0, 0.05) is 6.54 Å². The van der Waals surface area contributed by atoms with Gasteiger partial charge in [-0.2, -0.15) is 5.26 Å². The lowest BCUT2D eigenvalue weighted by Gasteiger charge is -2.14. The van der Waals surface area contributed by atoms with Crippen LogP contribution in [0.4, 0.5) is 11.4 Å². The number of nitrogens with two attached hydrogens (primary N) is 1. The van der Waals surface area contributed by atoms with E-state index in [-0.39, 0.29) is 0 Å². The second kappa shape index (κ2) is 4.44. The molecule has 1 unspecified atom stereocenters. The monoisotopic (exact) mass is 215 g/mol. The first-order valence-electron chi connectivity index (χ1n) is 5.75. The van der Waals surface area contributed by atoms with Gasteiger partial charge in [0.1, 0.15) is 6.07 Å². The van der Waals surface area contributed by atoms with E-state index in [1.165, 1.54) is 12.8 Å². The summed E-state index contributed by atoms with van der Waals surface area (Å²) in [7, 11) is 0. The predicted octanol–water partition coefficient (Wildman–Crippen LogP) is 2.60. The van der Waals surface area contributed by atoms with Gasteiger partial charge < -0.3 is 11.1 Å². The van der Waals surface area contributed by atoms with Gasteiger partial charge in [-0.1, -0.05) is 13.0 Å². The van der Waals surface area contributed by atoms with Crippen LogP contribution in [0.2, 0.25) is 0 Å². The molecule has 1 fully saturated rings. The molecule has 1 aliphatic carbocycles. The summed E-state index contributed by atoms with van der Waals surface area (Å²) in [6.45, 7) is 3.19. The Morgan fingerprint density at radius 1 is 1.56 bits per heavy atom. The fraction of sp³-hybridized carbons (Fsp3) is 0.462. The highest BCUT2D eigenvalue weighted by molar-refractivity contribution is 5.72. The van der Waals surface area contributed by atoms with E-state index in [1.807, 2.05) is 12.1 Å². The van der Waals surface area contributed by atoms with Gasteiger partial charge in [0.2, 0.25) is 0 Å². The van der Waals surface area contributed by atoms with Crippen molar-refractivity contribution in [2.24, 2.45) is 11.8 Å². The second-order valence-electron chi connectivity index (χ2n) is 4.57. The van der Waals surface area contributed by atoms with E-state index in [2.05, 4.69) is 18.3 Å². The summed E-state index contributed by atoms with van der Waals surface area (Å²) in [6, 6.07) is 7.62. The lowest BCUT2D eigenvalue weighted by Crippen LogP contribution is -2.14. The molecule has 2 rings (SSSR count). The van der Waals surface area contributed by atoms with Crippen LogP contribution in [-0.4, -0.2) is 6.54 Å². The van der Waals surface area contributed by atoms with Gasteiger partial charge in [-0.15, -0.1) is 0 Å². The van der Waals surface area contributed by atoms with Crippen molar-refractivity contribution >= 4 is 11.4 Å². The highest BCUT2D eigenvalue weighted by Crippen LogP contribution is 2.36. The Morgan fingerprint density at radius 3 is 2.94 bits per heavy atom. The standard InChI is InChI=1S/C13H17N3/c1-9(10-5-6-10)8-16-12-4-2-3-11(7-14)13(12)15/h2-4,9-10,16H,5-6,8,15H2,1H3. The van der Waals surface area contributed by atoms with Crippen molar-refractivity contribution < 1.29 is 0 Å². The number of nitrogen functional groups attached to an aromatic ring is 1. The van der Waals surface area contributed by atoms with E-state index in [4.69, 9.17) is 11.0 Å². The Hall–Kier alpha value is -1.69. The minimum Gasteiger partial charge on any atom is -0.396 e. The van der Waals surface area contributed by atoms with Crippen molar-refractivity contribution in [1.29, 1.82) is 5.26 Å². The van der Waals surface area contributed by atoms with Crippen LogP contribution in [0.25, 0.3) is 0 Å². The lowest BCUT2D eigenvalue weighted by molar-refractivity contribution is 0.537. The van der Waals surface area contributed by atoms with E-state index in [0.717, 1.165) is 18.2 Å². The molecule has 0 aromatic heterocycles. The van der Waals surface area contributed by atoms with Gasteiger partial charge >= 0.3 is 0 Å². The van der Waals surface area contributed by atoms with Crippen LogP contribution in [0.3, 0.4) is 0 Å². The summed E-state index contributed by atoms with van der Waals surface area (Å²) in [5, 5.41) is 12.2. The third-order valence-electron chi connectivity index (χ3n) is 3.27. The minimum absolute atomic E-state index is 0.545. The van der Waals surface area contributed by atoms with E-state index in [0.29, 0.717) is 17.2 Å². The van der Waals surface area contributed by atoms with Crippen LogP contribution >= 0.6 is 0 Å². The summed E-state index contributed by atoms with van der Waals surface area (Å²) in [6.07, 6.45) is 2.72. The molecule has 3 N–H and O–H groups in total. The molecule has 0 amide bonds. The summed E-state index contributed by atoms with van der Waals surface area (Å²) < 4.78 is 0. The van der Waals surface area contributed by atoms with Crippen LogP contribution in [0.5, 0.6) is 0 Å². The van der Waals surface area contributed by atoms with E-state index in [9.17, 15) is 0 Å². The third-order valence-corrected chi connectivity index (χ3v) is 3.27. The number of para-hydroxylation sites is 1. The lowest BCUT2D eigenvalue weighted by atomic mass is 10.1. The maximum atomic E-state index is 8.86. The molecule has 16 heavy (non-hydrogen) atoms.